The van der Waals surface area contributed by atoms with Gasteiger partial charge in [-0.2, -0.15) is 0 Å². The van der Waals surface area contributed by atoms with E-state index < -0.39 is 11.8 Å². The first-order valence-corrected chi connectivity index (χ1v) is 7.38. The molecule has 3 nitrogen and oxygen atoms in total. The molecule has 2 aliphatic rings. The van der Waals surface area contributed by atoms with Crippen molar-refractivity contribution < 1.29 is 14.3 Å². The molecule has 0 unspecified atom stereocenters. The molecule has 1 N–H and O–H groups in total. The van der Waals surface area contributed by atoms with Crippen LogP contribution in [0.25, 0.3) is 0 Å². The maximum Gasteiger partial charge on any atom is 0.340 e. The highest BCUT2D eigenvalue weighted by molar-refractivity contribution is 5.94. The van der Waals surface area contributed by atoms with Crippen LogP contribution in [0.1, 0.15) is 48.9 Å². The average molecular weight is 277 g/mol. The summed E-state index contributed by atoms with van der Waals surface area (Å²) in [5.74, 6) is -1.82. The molecular weight excluding hydrogens is 257 g/mol. The Morgan fingerprint density at radius 3 is 2.40 bits per heavy atom. The number of rotatable bonds is 2. The second kappa shape index (κ2) is 5.08. The lowest BCUT2D eigenvalue weighted by Crippen LogP contribution is -2.39. The maximum absolute atomic E-state index is 13.7. The molecule has 1 saturated carbocycles. The van der Waals surface area contributed by atoms with Gasteiger partial charge in [0.2, 0.25) is 0 Å². The number of hydrogen-bond acceptors (Lipinski definition) is 2. The summed E-state index contributed by atoms with van der Waals surface area (Å²) in [5.41, 5.74) is 0.827. The lowest BCUT2D eigenvalue weighted by molar-refractivity contribution is 0.0692. The third-order valence-electron chi connectivity index (χ3n) is 5.03. The first-order valence-electron chi connectivity index (χ1n) is 7.38. The van der Waals surface area contributed by atoms with Crippen LogP contribution in [0.3, 0.4) is 0 Å². The topological polar surface area (TPSA) is 40.5 Å². The summed E-state index contributed by atoms with van der Waals surface area (Å²) in [4.78, 5) is 13.3. The van der Waals surface area contributed by atoms with Crippen molar-refractivity contribution >= 4 is 11.7 Å². The molecule has 0 amide bonds. The number of aromatic carboxylic acids is 1. The normalized spacial score (nSPS) is 21.4. The Balaban J connectivity index is 1.81. The Labute approximate surface area is 118 Å². The predicted molar refractivity (Wildman–Crippen MR) is 75.7 cm³/mol. The van der Waals surface area contributed by atoms with Crippen LogP contribution in [-0.2, 0) is 0 Å². The average Bonchev–Trinajstić information content (AvgIpc) is 2.87. The van der Waals surface area contributed by atoms with E-state index in [2.05, 4.69) is 0 Å². The molecule has 1 aromatic carbocycles. The van der Waals surface area contributed by atoms with Crippen LogP contribution in [0, 0.1) is 11.2 Å². The van der Waals surface area contributed by atoms with Crippen molar-refractivity contribution in [3.05, 3.63) is 29.6 Å². The van der Waals surface area contributed by atoms with Gasteiger partial charge in [-0.1, -0.05) is 18.9 Å². The van der Waals surface area contributed by atoms with E-state index in [1.54, 1.807) is 12.1 Å². The number of carboxylic acids is 1. The summed E-state index contributed by atoms with van der Waals surface area (Å²) < 4.78 is 13.7. The van der Waals surface area contributed by atoms with E-state index in [9.17, 15) is 14.3 Å². The van der Waals surface area contributed by atoms with Gasteiger partial charge >= 0.3 is 5.97 Å². The Bertz CT molecular complexity index is 513. The van der Waals surface area contributed by atoms with Gasteiger partial charge in [0.05, 0.1) is 5.69 Å². The van der Waals surface area contributed by atoms with Gasteiger partial charge in [0, 0.05) is 13.1 Å². The molecule has 20 heavy (non-hydrogen) atoms. The van der Waals surface area contributed by atoms with E-state index in [4.69, 9.17) is 0 Å². The zero-order valence-corrected chi connectivity index (χ0v) is 11.6. The van der Waals surface area contributed by atoms with Crippen LogP contribution in [-0.4, -0.2) is 24.2 Å². The minimum Gasteiger partial charge on any atom is -0.478 e. The van der Waals surface area contributed by atoms with Crippen molar-refractivity contribution in [2.24, 2.45) is 5.41 Å². The zero-order chi connectivity index (χ0) is 14.2. The Morgan fingerprint density at radius 2 is 1.80 bits per heavy atom. The molecule has 1 heterocycles. The molecule has 0 bridgehead atoms. The van der Waals surface area contributed by atoms with Crippen LogP contribution in [0.5, 0.6) is 0 Å². The van der Waals surface area contributed by atoms with Crippen molar-refractivity contribution in [2.75, 3.05) is 18.0 Å². The number of carbonyl (C=O) groups is 1. The van der Waals surface area contributed by atoms with Crippen LogP contribution >= 0.6 is 0 Å². The number of piperidine rings is 1. The standard InChI is InChI=1S/C16H20FNO2/c17-12-4-3-5-13(14(12)15(19)20)18-10-8-16(9-11-18)6-1-2-7-16/h3-5H,1-2,6-11H2,(H,19,20). The molecular formula is C16H20FNO2. The van der Waals surface area contributed by atoms with E-state index in [-0.39, 0.29) is 5.56 Å². The fourth-order valence-corrected chi connectivity index (χ4v) is 3.83. The van der Waals surface area contributed by atoms with E-state index >= 15 is 0 Å². The van der Waals surface area contributed by atoms with Crippen molar-refractivity contribution in [2.45, 2.75) is 38.5 Å². The molecule has 3 rings (SSSR count). The molecule has 0 radical (unpaired) electrons. The smallest absolute Gasteiger partial charge is 0.340 e. The summed E-state index contributed by atoms with van der Waals surface area (Å²) in [6.07, 6.45) is 7.44. The van der Waals surface area contributed by atoms with E-state index in [1.165, 1.54) is 31.7 Å². The zero-order valence-electron chi connectivity index (χ0n) is 11.6. The number of halogens is 1. The Morgan fingerprint density at radius 1 is 1.15 bits per heavy atom. The molecule has 1 aliphatic carbocycles. The maximum atomic E-state index is 13.7. The molecule has 1 spiro atoms. The predicted octanol–water partition coefficient (Wildman–Crippen LogP) is 3.68. The number of benzene rings is 1. The fourth-order valence-electron chi connectivity index (χ4n) is 3.83. The molecule has 108 valence electrons. The van der Waals surface area contributed by atoms with E-state index in [1.807, 2.05) is 4.90 Å². The Hall–Kier alpha value is -1.58. The largest absolute Gasteiger partial charge is 0.478 e. The second-order valence-electron chi connectivity index (χ2n) is 6.13. The summed E-state index contributed by atoms with van der Waals surface area (Å²) in [6, 6.07) is 4.53. The van der Waals surface area contributed by atoms with Gasteiger partial charge in [0.15, 0.2) is 0 Å². The van der Waals surface area contributed by atoms with E-state index in [0.717, 1.165) is 25.9 Å². The van der Waals surface area contributed by atoms with Gasteiger partial charge in [0.25, 0.3) is 0 Å². The number of anilines is 1. The van der Waals surface area contributed by atoms with Gasteiger partial charge in [-0.25, -0.2) is 9.18 Å². The quantitative estimate of drug-likeness (QED) is 0.896. The van der Waals surface area contributed by atoms with Crippen molar-refractivity contribution in [3.8, 4) is 0 Å². The summed E-state index contributed by atoms with van der Waals surface area (Å²) in [7, 11) is 0. The third kappa shape index (κ3) is 2.28. The Kier molecular flexibility index (Phi) is 3.40. The lowest BCUT2D eigenvalue weighted by Gasteiger charge is -2.40. The van der Waals surface area contributed by atoms with Gasteiger partial charge in [0.1, 0.15) is 11.4 Å². The highest BCUT2D eigenvalue weighted by atomic mass is 19.1. The number of carboxylic acid groups (broad SMARTS) is 1. The van der Waals surface area contributed by atoms with Gasteiger partial charge < -0.3 is 10.0 Å². The van der Waals surface area contributed by atoms with Crippen LogP contribution in [0.15, 0.2) is 18.2 Å². The monoisotopic (exact) mass is 277 g/mol. The number of nitrogens with zero attached hydrogens (tertiary/aromatic N) is 1. The van der Waals surface area contributed by atoms with Gasteiger partial charge in [-0.3, -0.25) is 0 Å². The van der Waals surface area contributed by atoms with Gasteiger partial charge in [-0.05, 0) is 43.2 Å². The highest BCUT2D eigenvalue weighted by Gasteiger charge is 2.37. The van der Waals surface area contributed by atoms with Gasteiger partial charge in [-0.15, -0.1) is 0 Å². The molecule has 2 fully saturated rings. The van der Waals surface area contributed by atoms with Crippen molar-refractivity contribution in [1.29, 1.82) is 0 Å². The molecule has 1 aromatic rings. The van der Waals surface area contributed by atoms with Crippen LogP contribution in [0.4, 0.5) is 10.1 Å². The second-order valence-corrected chi connectivity index (χ2v) is 6.13. The van der Waals surface area contributed by atoms with Crippen LogP contribution in [0.2, 0.25) is 0 Å². The lowest BCUT2D eigenvalue weighted by atomic mass is 9.77. The molecule has 0 aromatic heterocycles. The number of hydrogen-bond donors (Lipinski definition) is 1. The first kappa shape index (κ1) is 13.4. The third-order valence-corrected chi connectivity index (χ3v) is 5.03. The highest BCUT2D eigenvalue weighted by Crippen LogP contribution is 2.46. The fraction of sp³-hybridized carbons (Fsp3) is 0.562. The first-order chi connectivity index (χ1) is 9.61. The summed E-state index contributed by atoms with van der Waals surface area (Å²) in [6.45, 7) is 1.67. The van der Waals surface area contributed by atoms with Crippen LogP contribution < -0.4 is 4.90 Å². The minimum absolute atomic E-state index is 0.185. The van der Waals surface area contributed by atoms with Crippen molar-refractivity contribution in [3.63, 3.8) is 0 Å². The SMILES string of the molecule is O=C(O)c1c(F)cccc1N1CCC2(CCCC2)CC1. The molecule has 1 saturated heterocycles. The molecule has 0 atom stereocenters. The molecule has 1 aliphatic heterocycles. The summed E-state index contributed by atoms with van der Waals surface area (Å²) >= 11 is 0. The summed E-state index contributed by atoms with van der Waals surface area (Å²) in [5, 5.41) is 9.22. The minimum atomic E-state index is -1.18. The molecule has 4 heteroatoms. The van der Waals surface area contributed by atoms with E-state index in [0.29, 0.717) is 11.1 Å². The van der Waals surface area contributed by atoms with Crippen molar-refractivity contribution in [1.82, 2.24) is 0 Å².